The number of alkyl halides is 4. The Morgan fingerprint density at radius 2 is 1.64 bits per heavy atom. The average molecular weight is 402 g/mol. The minimum atomic E-state index is -4.14. The maximum atomic E-state index is 14.5. The van der Waals surface area contributed by atoms with Gasteiger partial charge in [0.25, 0.3) is 6.43 Å². The molecule has 0 saturated heterocycles. The molecule has 0 fully saturated rings. The molecule has 0 aliphatic carbocycles. The summed E-state index contributed by atoms with van der Waals surface area (Å²) in [4.78, 5) is 0. The van der Waals surface area contributed by atoms with Crippen LogP contribution in [0.1, 0.15) is 56.2 Å². The second kappa shape index (κ2) is 9.75. The second-order valence-electron chi connectivity index (χ2n) is 6.29. The molecule has 0 spiro atoms. The van der Waals surface area contributed by atoms with Crippen LogP contribution in [0, 0.1) is 5.82 Å². The van der Waals surface area contributed by atoms with Crippen molar-refractivity contribution < 1.29 is 31.4 Å². The molecular weight excluding hydrogens is 379 g/mol. The summed E-state index contributed by atoms with van der Waals surface area (Å²) in [5.74, 6) is -2.21. The summed E-state index contributed by atoms with van der Waals surface area (Å²) in [5, 5.41) is 0. The van der Waals surface area contributed by atoms with Gasteiger partial charge in [0.2, 0.25) is 0 Å². The molecule has 28 heavy (non-hydrogen) atoms. The predicted molar refractivity (Wildman–Crippen MR) is 96.7 cm³/mol. The van der Waals surface area contributed by atoms with Gasteiger partial charge in [0.1, 0.15) is 5.75 Å². The Morgan fingerprint density at radius 3 is 2.21 bits per heavy atom. The first-order chi connectivity index (χ1) is 13.3. The molecule has 0 aliphatic heterocycles. The van der Waals surface area contributed by atoms with Crippen molar-refractivity contribution in [2.45, 2.75) is 52.1 Å². The van der Waals surface area contributed by atoms with Crippen molar-refractivity contribution in [1.82, 2.24) is 0 Å². The van der Waals surface area contributed by atoms with Gasteiger partial charge in [-0.15, -0.1) is 0 Å². The molecular formula is C21H23F5O2. The van der Waals surface area contributed by atoms with Crippen molar-refractivity contribution in [3.63, 3.8) is 0 Å². The van der Waals surface area contributed by atoms with Crippen molar-refractivity contribution in [1.29, 1.82) is 0 Å². The number of unbranched alkanes of at least 4 members (excludes halogenated alkanes) is 2. The summed E-state index contributed by atoms with van der Waals surface area (Å²) in [6.07, 6.45) is -3.67. The molecule has 0 N–H and O–H groups in total. The quantitative estimate of drug-likeness (QED) is 0.314. The molecule has 0 amide bonds. The SMILES string of the molecule is CCCCCc1ccc(OC(F)(F)c2ccc(OCC)c(F)c2C(F)F)cc1. The third kappa shape index (κ3) is 5.36. The molecule has 7 heteroatoms. The highest BCUT2D eigenvalue weighted by Gasteiger charge is 2.41. The molecule has 0 radical (unpaired) electrons. The molecule has 0 aromatic heterocycles. The van der Waals surface area contributed by atoms with Crippen LogP contribution >= 0.6 is 0 Å². The largest absolute Gasteiger partial charge is 0.491 e. The molecule has 2 nitrogen and oxygen atoms in total. The molecule has 0 unspecified atom stereocenters. The monoisotopic (exact) mass is 402 g/mol. The number of hydrogen-bond acceptors (Lipinski definition) is 2. The van der Waals surface area contributed by atoms with Crippen LogP contribution in [-0.2, 0) is 12.5 Å². The Labute approximate surface area is 161 Å². The van der Waals surface area contributed by atoms with Gasteiger partial charge < -0.3 is 9.47 Å². The maximum Gasteiger partial charge on any atom is 0.427 e. The van der Waals surface area contributed by atoms with Gasteiger partial charge >= 0.3 is 6.11 Å². The van der Waals surface area contributed by atoms with Crippen molar-refractivity contribution in [3.05, 3.63) is 58.9 Å². The van der Waals surface area contributed by atoms with Crippen LogP contribution in [0.3, 0.4) is 0 Å². The lowest BCUT2D eigenvalue weighted by Gasteiger charge is -2.22. The van der Waals surface area contributed by atoms with Gasteiger partial charge in [-0.05, 0) is 49.6 Å². The number of ether oxygens (including phenoxy) is 2. The van der Waals surface area contributed by atoms with Crippen molar-refractivity contribution >= 4 is 0 Å². The van der Waals surface area contributed by atoms with Crippen LogP contribution in [0.4, 0.5) is 22.0 Å². The van der Waals surface area contributed by atoms with Gasteiger partial charge in [0, 0.05) is 0 Å². The van der Waals surface area contributed by atoms with Crippen molar-refractivity contribution in [2.24, 2.45) is 0 Å². The van der Waals surface area contributed by atoms with Gasteiger partial charge in [-0.2, -0.15) is 8.78 Å². The predicted octanol–water partition coefficient (Wildman–Crippen LogP) is 7.02. The Bertz CT molecular complexity index is 760. The van der Waals surface area contributed by atoms with Gasteiger partial charge in [-0.1, -0.05) is 31.9 Å². The summed E-state index contributed by atoms with van der Waals surface area (Å²) < 4.78 is 79.4. The standard InChI is InChI=1S/C21H23F5O2/c1-3-5-6-7-14-8-10-15(11-9-14)28-21(25,26)16-12-13-17(27-4-2)19(22)18(16)20(23)24/h8-13,20H,3-7H2,1-2H3. The lowest BCUT2D eigenvalue weighted by molar-refractivity contribution is -0.187. The van der Waals surface area contributed by atoms with Crippen LogP contribution in [0.15, 0.2) is 36.4 Å². The van der Waals surface area contributed by atoms with Gasteiger partial charge in [0.05, 0.1) is 17.7 Å². The van der Waals surface area contributed by atoms with E-state index < -0.39 is 35.2 Å². The van der Waals surface area contributed by atoms with Crippen LogP contribution in [0.5, 0.6) is 11.5 Å². The Balaban J connectivity index is 2.25. The van der Waals surface area contributed by atoms with E-state index in [2.05, 4.69) is 11.7 Å². The fraction of sp³-hybridized carbons (Fsp3) is 0.429. The summed E-state index contributed by atoms with van der Waals surface area (Å²) in [7, 11) is 0. The number of benzene rings is 2. The first kappa shape index (κ1) is 22.0. The minimum absolute atomic E-state index is 0.0104. The van der Waals surface area contributed by atoms with E-state index in [0.29, 0.717) is 6.07 Å². The van der Waals surface area contributed by atoms with E-state index in [0.717, 1.165) is 37.3 Å². The third-order valence-corrected chi connectivity index (χ3v) is 4.21. The highest BCUT2D eigenvalue weighted by molar-refractivity contribution is 5.41. The summed E-state index contributed by atoms with van der Waals surface area (Å²) in [5.41, 5.74) is -1.69. The van der Waals surface area contributed by atoms with E-state index in [1.54, 1.807) is 12.1 Å². The smallest absolute Gasteiger partial charge is 0.427 e. The third-order valence-electron chi connectivity index (χ3n) is 4.21. The van der Waals surface area contributed by atoms with E-state index in [4.69, 9.17) is 4.74 Å². The van der Waals surface area contributed by atoms with Gasteiger partial charge in [-0.25, -0.2) is 13.2 Å². The summed E-state index contributed by atoms with van der Waals surface area (Å²) in [6, 6.07) is 7.59. The Kier molecular flexibility index (Phi) is 7.66. The molecule has 2 rings (SSSR count). The zero-order chi connectivity index (χ0) is 20.7. The minimum Gasteiger partial charge on any atom is -0.491 e. The zero-order valence-electron chi connectivity index (χ0n) is 15.8. The number of aryl methyl sites for hydroxylation is 1. The van der Waals surface area contributed by atoms with Crippen LogP contribution in [-0.4, -0.2) is 6.61 Å². The molecule has 0 bridgehead atoms. The molecule has 2 aromatic carbocycles. The average Bonchev–Trinajstić information content (AvgIpc) is 2.64. The fourth-order valence-corrected chi connectivity index (χ4v) is 2.81. The first-order valence-electron chi connectivity index (χ1n) is 9.19. The molecule has 0 saturated carbocycles. The van der Waals surface area contributed by atoms with E-state index in [1.807, 2.05) is 0 Å². The molecule has 2 aromatic rings. The number of halogens is 5. The summed E-state index contributed by atoms with van der Waals surface area (Å²) in [6.45, 7) is 3.62. The van der Waals surface area contributed by atoms with E-state index in [9.17, 15) is 22.0 Å². The van der Waals surface area contributed by atoms with Crippen molar-refractivity contribution in [2.75, 3.05) is 6.61 Å². The van der Waals surface area contributed by atoms with Crippen LogP contribution < -0.4 is 9.47 Å². The topological polar surface area (TPSA) is 18.5 Å². The molecule has 154 valence electrons. The highest BCUT2D eigenvalue weighted by Crippen LogP contribution is 2.40. The van der Waals surface area contributed by atoms with Gasteiger partial charge in [-0.3, -0.25) is 0 Å². The number of hydrogen-bond donors (Lipinski definition) is 0. The zero-order valence-corrected chi connectivity index (χ0v) is 15.8. The lowest BCUT2D eigenvalue weighted by atomic mass is 10.1. The second-order valence-corrected chi connectivity index (χ2v) is 6.29. The molecule has 0 aliphatic rings. The van der Waals surface area contributed by atoms with Crippen molar-refractivity contribution in [3.8, 4) is 11.5 Å². The van der Waals surface area contributed by atoms with Gasteiger partial charge in [0.15, 0.2) is 11.6 Å². The number of rotatable bonds is 10. The normalized spacial score (nSPS) is 11.7. The molecule has 0 heterocycles. The van der Waals surface area contributed by atoms with E-state index >= 15 is 0 Å². The molecule has 0 atom stereocenters. The summed E-state index contributed by atoms with van der Waals surface area (Å²) >= 11 is 0. The fourth-order valence-electron chi connectivity index (χ4n) is 2.81. The van der Waals surface area contributed by atoms with Crippen LogP contribution in [0.25, 0.3) is 0 Å². The highest BCUT2D eigenvalue weighted by atomic mass is 19.3. The van der Waals surface area contributed by atoms with E-state index in [-0.39, 0.29) is 12.4 Å². The Hall–Kier alpha value is -2.31. The lowest BCUT2D eigenvalue weighted by Crippen LogP contribution is -2.24. The Morgan fingerprint density at radius 1 is 0.964 bits per heavy atom. The first-order valence-corrected chi connectivity index (χ1v) is 9.19. The van der Waals surface area contributed by atoms with E-state index in [1.165, 1.54) is 19.1 Å². The maximum absolute atomic E-state index is 14.5. The van der Waals surface area contributed by atoms with Crippen LogP contribution in [0.2, 0.25) is 0 Å².